The van der Waals surface area contributed by atoms with Gasteiger partial charge >= 0.3 is 12.1 Å². The zero-order chi connectivity index (χ0) is 16.3. The van der Waals surface area contributed by atoms with Gasteiger partial charge in [-0.25, -0.2) is 19.4 Å². The Morgan fingerprint density at radius 1 is 1.32 bits per heavy atom. The van der Waals surface area contributed by atoms with E-state index in [2.05, 4.69) is 15.1 Å². The molecule has 0 aliphatic rings. The van der Waals surface area contributed by atoms with Gasteiger partial charge in [-0.05, 0) is 6.92 Å². The largest absolute Gasteiger partial charge is 0.479 e. The Hall–Kier alpha value is -2.65. The minimum atomic E-state index is -4.58. The number of carbonyl (C=O) groups is 1. The van der Waals surface area contributed by atoms with Gasteiger partial charge in [0.25, 0.3) is 0 Å². The Labute approximate surface area is 122 Å². The molecule has 118 valence electrons. The minimum Gasteiger partial charge on any atom is -0.479 e. The second-order valence-corrected chi connectivity index (χ2v) is 3.97. The van der Waals surface area contributed by atoms with Crippen LogP contribution in [-0.4, -0.2) is 39.4 Å². The molecule has 22 heavy (non-hydrogen) atoms. The van der Waals surface area contributed by atoms with Crippen molar-refractivity contribution in [2.75, 3.05) is 13.7 Å². The summed E-state index contributed by atoms with van der Waals surface area (Å²) < 4.78 is 48.1. The summed E-state index contributed by atoms with van der Waals surface area (Å²) in [6.07, 6.45) is -1.87. The fraction of sp³-hybridized carbons (Fsp3) is 0.333. The van der Waals surface area contributed by atoms with Crippen molar-refractivity contribution < 1.29 is 27.4 Å². The van der Waals surface area contributed by atoms with Crippen LogP contribution in [0.15, 0.2) is 18.6 Å². The highest BCUT2D eigenvalue weighted by Crippen LogP contribution is 2.27. The third-order valence-corrected chi connectivity index (χ3v) is 2.53. The molecule has 0 saturated heterocycles. The van der Waals surface area contributed by atoms with E-state index in [-0.39, 0.29) is 23.9 Å². The third-order valence-electron chi connectivity index (χ3n) is 2.53. The highest BCUT2D eigenvalue weighted by molar-refractivity contribution is 5.91. The van der Waals surface area contributed by atoms with Crippen LogP contribution >= 0.6 is 0 Å². The van der Waals surface area contributed by atoms with Gasteiger partial charge in [-0.15, -0.1) is 5.10 Å². The van der Waals surface area contributed by atoms with Crippen molar-refractivity contribution in [1.29, 1.82) is 0 Å². The van der Waals surface area contributed by atoms with Crippen LogP contribution in [0.1, 0.15) is 23.0 Å². The maximum Gasteiger partial charge on any atom is 0.434 e. The van der Waals surface area contributed by atoms with Crippen molar-refractivity contribution in [2.24, 2.45) is 0 Å². The summed E-state index contributed by atoms with van der Waals surface area (Å²) >= 11 is 0. The summed E-state index contributed by atoms with van der Waals surface area (Å²) in [6, 6.07) is 0. The molecule has 0 amide bonds. The number of hydrogen-bond acceptors (Lipinski definition) is 6. The van der Waals surface area contributed by atoms with E-state index in [1.165, 1.54) is 13.3 Å². The first-order valence-corrected chi connectivity index (χ1v) is 6.07. The van der Waals surface area contributed by atoms with E-state index in [4.69, 9.17) is 9.47 Å². The van der Waals surface area contributed by atoms with Crippen LogP contribution in [0.25, 0.3) is 5.82 Å². The SMILES string of the molecule is CCOC(=O)c1cn(-c2cnc(C(F)(F)F)cn2)nc1OC. The van der Waals surface area contributed by atoms with Crippen molar-refractivity contribution in [1.82, 2.24) is 19.7 Å². The predicted molar refractivity (Wildman–Crippen MR) is 66.7 cm³/mol. The molecule has 0 fully saturated rings. The van der Waals surface area contributed by atoms with Crippen LogP contribution in [-0.2, 0) is 10.9 Å². The summed E-state index contributed by atoms with van der Waals surface area (Å²) in [7, 11) is 1.30. The quantitative estimate of drug-likeness (QED) is 0.801. The smallest absolute Gasteiger partial charge is 0.434 e. The van der Waals surface area contributed by atoms with Gasteiger partial charge in [0.15, 0.2) is 11.5 Å². The van der Waals surface area contributed by atoms with Crippen molar-refractivity contribution in [2.45, 2.75) is 13.1 Å². The number of ether oxygens (including phenoxy) is 2. The van der Waals surface area contributed by atoms with Crippen molar-refractivity contribution in [3.05, 3.63) is 29.8 Å². The zero-order valence-corrected chi connectivity index (χ0v) is 11.6. The van der Waals surface area contributed by atoms with Crippen molar-refractivity contribution in [3.63, 3.8) is 0 Å². The van der Waals surface area contributed by atoms with E-state index in [0.29, 0.717) is 6.20 Å². The Morgan fingerprint density at radius 3 is 2.55 bits per heavy atom. The molecule has 0 aromatic carbocycles. The standard InChI is InChI=1S/C12H11F3N4O3/c1-3-22-11(20)7-6-19(18-10(7)21-2)9-5-16-8(4-17-9)12(13,14)15/h4-6H,3H2,1-2H3. The molecule has 7 nitrogen and oxygen atoms in total. The molecule has 10 heteroatoms. The predicted octanol–water partition coefficient (Wildman–Crippen LogP) is 1.87. The number of esters is 1. The highest BCUT2D eigenvalue weighted by Gasteiger charge is 2.33. The number of alkyl halides is 3. The van der Waals surface area contributed by atoms with E-state index >= 15 is 0 Å². The Morgan fingerprint density at radius 2 is 2.05 bits per heavy atom. The molecule has 0 unspecified atom stereocenters. The first-order chi connectivity index (χ1) is 10.4. The molecule has 0 saturated carbocycles. The summed E-state index contributed by atoms with van der Waals surface area (Å²) in [4.78, 5) is 18.6. The van der Waals surface area contributed by atoms with Crippen LogP contribution in [0.5, 0.6) is 5.88 Å². The van der Waals surface area contributed by atoms with Crippen LogP contribution in [0.2, 0.25) is 0 Å². The molecule has 0 bridgehead atoms. The average Bonchev–Trinajstić information content (AvgIpc) is 2.91. The number of methoxy groups -OCH3 is 1. The molecule has 0 spiro atoms. The fourth-order valence-corrected chi connectivity index (χ4v) is 1.56. The lowest BCUT2D eigenvalue weighted by molar-refractivity contribution is -0.141. The lowest BCUT2D eigenvalue weighted by Gasteiger charge is -2.05. The van der Waals surface area contributed by atoms with Gasteiger partial charge < -0.3 is 9.47 Å². The summed E-state index contributed by atoms with van der Waals surface area (Å²) in [5, 5.41) is 3.90. The Kier molecular flexibility index (Phi) is 4.29. The third kappa shape index (κ3) is 3.15. The molecule has 0 N–H and O–H groups in total. The number of rotatable bonds is 4. The van der Waals surface area contributed by atoms with Gasteiger partial charge in [-0.1, -0.05) is 0 Å². The van der Waals surface area contributed by atoms with E-state index < -0.39 is 17.8 Å². The summed E-state index contributed by atoms with van der Waals surface area (Å²) in [5.74, 6) is -0.688. The number of halogens is 3. The van der Waals surface area contributed by atoms with Crippen LogP contribution in [0, 0.1) is 0 Å². The van der Waals surface area contributed by atoms with E-state index in [9.17, 15) is 18.0 Å². The molecule has 2 rings (SSSR count). The lowest BCUT2D eigenvalue weighted by atomic mass is 10.3. The normalized spacial score (nSPS) is 11.3. The molecule has 0 aliphatic heterocycles. The summed E-state index contributed by atoms with van der Waals surface area (Å²) in [6.45, 7) is 1.80. The second-order valence-electron chi connectivity index (χ2n) is 3.97. The zero-order valence-electron chi connectivity index (χ0n) is 11.6. The number of hydrogen-bond donors (Lipinski definition) is 0. The van der Waals surface area contributed by atoms with Crippen LogP contribution in [0.3, 0.4) is 0 Å². The molecular weight excluding hydrogens is 305 g/mol. The van der Waals surface area contributed by atoms with E-state index in [0.717, 1.165) is 10.9 Å². The fourth-order valence-electron chi connectivity index (χ4n) is 1.56. The van der Waals surface area contributed by atoms with Crippen molar-refractivity contribution >= 4 is 5.97 Å². The maximum atomic E-state index is 12.4. The molecule has 2 aromatic rings. The Balaban J connectivity index is 2.35. The van der Waals surface area contributed by atoms with Gasteiger partial charge in [0, 0.05) is 0 Å². The molecule has 0 aliphatic carbocycles. The molecule has 2 heterocycles. The van der Waals surface area contributed by atoms with Gasteiger partial charge in [0.05, 0.1) is 32.3 Å². The number of aromatic nitrogens is 4. The first-order valence-electron chi connectivity index (χ1n) is 6.07. The highest BCUT2D eigenvalue weighted by atomic mass is 19.4. The monoisotopic (exact) mass is 316 g/mol. The van der Waals surface area contributed by atoms with Gasteiger partial charge in [-0.3, -0.25) is 0 Å². The first kappa shape index (κ1) is 15.7. The Bertz CT molecular complexity index is 667. The van der Waals surface area contributed by atoms with Gasteiger partial charge in [0.2, 0.25) is 5.88 Å². The molecule has 2 aromatic heterocycles. The average molecular weight is 316 g/mol. The molecule has 0 atom stereocenters. The molecule has 0 radical (unpaired) electrons. The van der Waals surface area contributed by atoms with E-state index in [1.807, 2.05) is 0 Å². The minimum absolute atomic E-state index is 0.00171. The number of nitrogens with zero attached hydrogens (tertiary/aromatic N) is 4. The van der Waals surface area contributed by atoms with Gasteiger partial charge in [-0.2, -0.15) is 13.2 Å². The number of carbonyl (C=O) groups excluding carboxylic acids is 1. The topological polar surface area (TPSA) is 79.1 Å². The maximum absolute atomic E-state index is 12.4. The summed E-state index contributed by atoms with van der Waals surface area (Å²) in [5.41, 5.74) is -1.09. The van der Waals surface area contributed by atoms with Crippen LogP contribution in [0.4, 0.5) is 13.2 Å². The van der Waals surface area contributed by atoms with E-state index in [1.54, 1.807) is 6.92 Å². The van der Waals surface area contributed by atoms with Gasteiger partial charge in [0.1, 0.15) is 5.56 Å². The van der Waals surface area contributed by atoms with Crippen molar-refractivity contribution in [3.8, 4) is 11.7 Å². The lowest BCUT2D eigenvalue weighted by Crippen LogP contribution is -2.10. The molecular formula is C12H11F3N4O3. The second kappa shape index (κ2) is 6.00. The van der Waals surface area contributed by atoms with Crippen LogP contribution < -0.4 is 4.74 Å².